The second-order valence-corrected chi connectivity index (χ2v) is 8.45. The Bertz CT molecular complexity index is 1550. The topological polar surface area (TPSA) is 77.1 Å². The number of hydrogen-bond donors (Lipinski definition) is 1. The quantitative estimate of drug-likeness (QED) is 0.326. The Hall–Kier alpha value is -3.90. The van der Waals surface area contributed by atoms with Gasteiger partial charge in [-0.15, -0.1) is 0 Å². The molecule has 0 aliphatic heterocycles. The van der Waals surface area contributed by atoms with Crippen molar-refractivity contribution in [3.05, 3.63) is 64.3 Å². The van der Waals surface area contributed by atoms with E-state index in [2.05, 4.69) is 5.10 Å². The van der Waals surface area contributed by atoms with Gasteiger partial charge in [-0.3, -0.25) is 9.59 Å². The number of carbonyl (C=O) groups is 1. The number of aliphatic carboxylic acids is 1. The molecule has 4 rings (SSSR count). The Morgan fingerprint density at radius 1 is 1.00 bits per heavy atom. The predicted octanol–water partition coefficient (Wildman–Crippen LogP) is 5.68. The number of alkyl halides is 6. The molecule has 2 aromatic heterocycles. The first-order valence-electron chi connectivity index (χ1n) is 10.8. The van der Waals surface area contributed by atoms with E-state index in [1.165, 1.54) is 35.8 Å². The van der Waals surface area contributed by atoms with Crippen molar-refractivity contribution in [2.75, 3.05) is 0 Å². The number of nitrogens with zero attached hydrogens (tertiary/aromatic N) is 3. The van der Waals surface area contributed by atoms with Crippen LogP contribution < -0.4 is 5.56 Å². The van der Waals surface area contributed by atoms with Crippen molar-refractivity contribution in [3.8, 4) is 11.3 Å². The first-order chi connectivity index (χ1) is 17.2. The Morgan fingerprint density at radius 2 is 1.62 bits per heavy atom. The maximum Gasteiger partial charge on any atom is 0.400 e. The SMILES string of the molecule is Cc1c(-c2nn(CCC(C(F)(F)F)C(F)(F)F)c(=O)c3ccccc23)c2cc(F)ccc2n1CC(=O)O. The van der Waals surface area contributed by atoms with Gasteiger partial charge in [0.05, 0.1) is 5.39 Å². The van der Waals surface area contributed by atoms with E-state index in [0.717, 1.165) is 12.1 Å². The van der Waals surface area contributed by atoms with E-state index in [4.69, 9.17) is 0 Å². The zero-order chi connectivity index (χ0) is 27.3. The van der Waals surface area contributed by atoms with Crippen LogP contribution in [0, 0.1) is 18.7 Å². The Balaban J connectivity index is 1.97. The van der Waals surface area contributed by atoms with Crippen LogP contribution in [0.4, 0.5) is 30.7 Å². The number of hydrogen-bond acceptors (Lipinski definition) is 3. The lowest BCUT2D eigenvalue weighted by molar-refractivity contribution is -0.286. The molecular weight excluding hydrogens is 511 g/mol. The van der Waals surface area contributed by atoms with E-state index in [9.17, 15) is 45.4 Å². The van der Waals surface area contributed by atoms with Gasteiger partial charge in [0.2, 0.25) is 0 Å². The molecule has 0 fully saturated rings. The van der Waals surface area contributed by atoms with Crippen LogP contribution in [0.25, 0.3) is 32.9 Å². The molecule has 37 heavy (non-hydrogen) atoms. The van der Waals surface area contributed by atoms with Gasteiger partial charge in [-0.1, -0.05) is 18.2 Å². The number of benzene rings is 2. The number of aromatic nitrogens is 3. The van der Waals surface area contributed by atoms with Crippen molar-refractivity contribution in [1.29, 1.82) is 0 Å². The van der Waals surface area contributed by atoms with Crippen molar-refractivity contribution < 1.29 is 40.6 Å². The number of fused-ring (bicyclic) bond motifs is 2. The van der Waals surface area contributed by atoms with Crippen molar-refractivity contribution in [2.24, 2.45) is 5.92 Å². The third-order valence-corrected chi connectivity index (χ3v) is 6.10. The summed E-state index contributed by atoms with van der Waals surface area (Å²) in [6.45, 7) is 0.0112. The number of carboxylic acids is 1. The first-order valence-corrected chi connectivity index (χ1v) is 10.8. The van der Waals surface area contributed by atoms with E-state index in [1.54, 1.807) is 6.07 Å². The molecule has 0 aliphatic carbocycles. The van der Waals surface area contributed by atoms with Crippen molar-refractivity contribution in [1.82, 2.24) is 14.3 Å². The summed E-state index contributed by atoms with van der Waals surface area (Å²) in [6.07, 6.45) is -12.6. The van der Waals surface area contributed by atoms with E-state index in [-0.39, 0.29) is 27.4 Å². The standard InChI is InChI=1S/C24H18F7N3O3/c1-12-20(16-10-13(25)6-7-17(16)33(12)11-19(35)36)21-14-4-2-3-5-15(14)22(37)34(32-21)9-8-18(23(26,27)28)24(29,30)31/h2-7,10,18H,8-9,11H2,1H3,(H,35,36). The molecule has 0 saturated heterocycles. The fraction of sp³-hybridized carbons (Fsp3) is 0.292. The predicted molar refractivity (Wildman–Crippen MR) is 119 cm³/mol. The Kier molecular flexibility index (Phi) is 6.51. The molecule has 1 N–H and O–H groups in total. The summed E-state index contributed by atoms with van der Waals surface area (Å²) in [5, 5.41) is 13.9. The van der Waals surface area contributed by atoms with E-state index in [1.807, 2.05) is 0 Å². The lowest BCUT2D eigenvalue weighted by atomic mass is 10.0. The molecule has 0 atom stereocenters. The zero-order valence-electron chi connectivity index (χ0n) is 19.0. The fourth-order valence-corrected chi connectivity index (χ4v) is 4.43. The zero-order valence-corrected chi connectivity index (χ0v) is 19.0. The minimum atomic E-state index is -5.58. The lowest BCUT2D eigenvalue weighted by Crippen LogP contribution is -2.38. The smallest absolute Gasteiger partial charge is 0.400 e. The lowest BCUT2D eigenvalue weighted by Gasteiger charge is -2.23. The largest absolute Gasteiger partial charge is 0.480 e. The molecule has 13 heteroatoms. The normalized spacial score (nSPS) is 12.7. The monoisotopic (exact) mass is 529 g/mol. The van der Waals surface area contributed by atoms with Crippen LogP contribution in [-0.4, -0.2) is 37.8 Å². The average Bonchev–Trinajstić information content (AvgIpc) is 3.03. The highest BCUT2D eigenvalue weighted by molar-refractivity contribution is 6.05. The van der Waals surface area contributed by atoms with Crippen molar-refractivity contribution >= 4 is 27.6 Å². The maximum absolute atomic E-state index is 14.2. The van der Waals surface area contributed by atoms with Crippen LogP contribution in [0.2, 0.25) is 0 Å². The van der Waals surface area contributed by atoms with E-state index in [0.29, 0.717) is 15.9 Å². The molecule has 0 amide bonds. The number of carboxylic acid groups (broad SMARTS) is 1. The summed E-state index contributed by atoms with van der Waals surface area (Å²) < 4.78 is 94.6. The molecular formula is C24H18F7N3O3. The highest BCUT2D eigenvalue weighted by Crippen LogP contribution is 2.42. The Morgan fingerprint density at radius 3 is 2.22 bits per heavy atom. The minimum absolute atomic E-state index is 0.0111. The van der Waals surface area contributed by atoms with Gasteiger partial charge < -0.3 is 9.67 Å². The van der Waals surface area contributed by atoms with Gasteiger partial charge in [0.25, 0.3) is 5.56 Å². The molecule has 0 bridgehead atoms. The molecule has 2 aromatic carbocycles. The van der Waals surface area contributed by atoms with Gasteiger partial charge >= 0.3 is 18.3 Å². The summed E-state index contributed by atoms with van der Waals surface area (Å²) in [6, 6.07) is 9.42. The maximum atomic E-state index is 14.2. The molecule has 0 aliphatic rings. The highest BCUT2D eigenvalue weighted by Gasteiger charge is 2.56. The third-order valence-electron chi connectivity index (χ3n) is 6.10. The first kappa shape index (κ1) is 26.2. The summed E-state index contributed by atoms with van der Waals surface area (Å²) in [5.74, 6) is -5.54. The molecule has 196 valence electrons. The second kappa shape index (κ2) is 9.20. The van der Waals surface area contributed by atoms with Crippen LogP contribution in [0.15, 0.2) is 47.3 Å². The number of aryl methyl sites for hydroxylation is 1. The molecule has 0 radical (unpaired) electrons. The summed E-state index contributed by atoms with van der Waals surface area (Å²) in [5.41, 5.74) is -0.101. The number of halogens is 7. The van der Waals surface area contributed by atoms with Crippen LogP contribution in [0.1, 0.15) is 12.1 Å². The fourth-order valence-electron chi connectivity index (χ4n) is 4.43. The summed E-state index contributed by atoms with van der Waals surface area (Å²) in [4.78, 5) is 24.4. The van der Waals surface area contributed by atoms with Gasteiger partial charge in [0.15, 0.2) is 5.92 Å². The Labute approximate surface area is 203 Å². The van der Waals surface area contributed by atoms with Crippen LogP contribution in [0.5, 0.6) is 0 Å². The summed E-state index contributed by atoms with van der Waals surface area (Å²) >= 11 is 0. The molecule has 4 aromatic rings. The van der Waals surface area contributed by atoms with Crippen molar-refractivity contribution in [3.63, 3.8) is 0 Å². The molecule has 0 spiro atoms. The third kappa shape index (κ3) is 4.89. The van der Waals surface area contributed by atoms with Crippen molar-refractivity contribution in [2.45, 2.75) is 38.8 Å². The van der Waals surface area contributed by atoms with Crippen LogP contribution in [0.3, 0.4) is 0 Å². The average molecular weight is 529 g/mol. The minimum Gasteiger partial charge on any atom is -0.480 e. The van der Waals surface area contributed by atoms with Gasteiger partial charge in [-0.2, -0.15) is 31.4 Å². The second-order valence-electron chi connectivity index (χ2n) is 8.45. The molecule has 6 nitrogen and oxygen atoms in total. The van der Waals surface area contributed by atoms with Crippen LogP contribution in [-0.2, 0) is 17.9 Å². The van der Waals surface area contributed by atoms with Gasteiger partial charge in [-0.25, -0.2) is 9.07 Å². The van der Waals surface area contributed by atoms with E-state index >= 15 is 0 Å². The molecule has 2 heterocycles. The highest BCUT2D eigenvalue weighted by atomic mass is 19.4. The van der Waals surface area contributed by atoms with E-state index < -0.39 is 55.1 Å². The summed E-state index contributed by atoms with van der Waals surface area (Å²) in [7, 11) is 0. The molecule has 0 saturated carbocycles. The number of rotatable bonds is 6. The van der Waals surface area contributed by atoms with Gasteiger partial charge in [-0.05, 0) is 37.6 Å². The molecule has 0 unspecified atom stereocenters. The van der Waals surface area contributed by atoms with Gasteiger partial charge in [0.1, 0.15) is 18.1 Å². The van der Waals surface area contributed by atoms with Gasteiger partial charge in [0, 0.05) is 34.1 Å². The van der Waals surface area contributed by atoms with Crippen LogP contribution >= 0.6 is 0 Å².